The van der Waals surface area contributed by atoms with E-state index >= 15 is 0 Å². The van der Waals surface area contributed by atoms with Crippen molar-refractivity contribution in [3.05, 3.63) is 28.5 Å². The summed E-state index contributed by atoms with van der Waals surface area (Å²) < 4.78 is 39.6. The summed E-state index contributed by atoms with van der Waals surface area (Å²) in [4.78, 5) is -0.0197. The summed E-state index contributed by atoms with van der Waals surface area (Å²) in [5.41, 5.74) is 0. The summed E-state index contributed by atoms with van der Waals surface area (Å²) in [5.74, 6) is -0.575. The third kappa shape index (κ3) is 3.34. The zero-order chi connectivity index (χ0) is 14.0. The number of halogens is 2. The van der Waals surface area contributed by atoms with E-state index in [0.717, 1.165) is 25.5 Å². The van der Waals surface area contributed by atoms with Crippen LogP contribution in [-0.2, 0) is 10.0 Å². The van der Waals surface area contributed by atoms with Crippen molar-refractivity contribution in [2.75, 3.05) is 20.1 Å². The molecule has 1 aliphatic rings. The second-order valence-electron chi connectivity index (χ2n) is 4.65. The standard InChI is InChI=1S/C12H16BrFN2O2S/c1-16(8-9-3-2-6-15-9)19(17,18)10-4-5-11(13)12(14)7-10/h4-5,7,9,15H,2-3,6,8H2,1H3. The molecular formula is C12H16BrFN2O2S. The van der Waals surface area contributed by atoms with Gasteiger partial charge in [-0.2, -0.15) is 4.31 Å². The molecule has 1 N–H and O–H groups in total. The Morgan fingerprint density at radius 3 is 2.84 bits per heavy atom. The number of rotatable bonds is 4. The number of sulfonamides is 1. The van der Waals surface area contributed by atoms with Gasteiger partial charge in [0.05, 0.1) is 9.37 Å². The molecule has 0 amide bonds. The number of likely N-dealkylation sites (N-methyl/N-ethyl adjacent to an activating group) is 1. The quantitative estimate of drug-likeness (QED) is 0.902. The molecule has 0 saturated carbocycles. The number of benzene rings is 1. The van der Waals surface area contributed by atoms with Crippen molar-refractivity contribution in [2.45, 2.75) is 23.8 Å². The Morgan fingerprint density at radius 2 is 2.26 bits per heavy atom. The summed E-state index contributed by atoms with van der Waals surface area (Å²) in [6.07, 6.45) is 2.03. The first kappa shape index (κ1) is 14.9. The largest absolute Gasteiger partial charge is 0.313 e. The number of hydrogen-bond donors (Lipinski definition) is 1. The van der Waals surface area contributed by atoms with E-state index in [0.29, 0.717) is 6.54 Å². The molecule has 19 heavy (non-hydrogen) atoms. The molecule has 1 unspecified atom stereocenters. The van der Waals surface area contributed by atoms with E-state index in [1.807, 2.05) is 0 Å². The Hall–Kier alpha value is -0.500. The van der Waals surface area contributed by atoms with Crippen LogP contribution in [0.5, 0.6) is 0 Å². The average Bonchev–Trinajstić information content (AvgIpc) is 2.85. The fourth-order valence-electron chi connectivity index (χ4n) is 2.14. The predicted molar refractivity (Wildman–Crippen MR) is 74.9 cm³/mol. The molecule has 1 saturated heterocycles. The van der Waals surface area contributed by atoms with Crippen LogP contribution in [0.25, 0.3) is 0 Å². The maximum absolute atomic E-state index is 13.4. The summed E-state index contributed by atoms with van der Waals surface area (Å²) in [6, 6.07) is 4.03. The summed E-state index contributed by atoms with van der Waals surface area (Å²) in [5, 5.41) is 3.24. The van der Waals surface area contributed by atoms with Crippen LogP contribution in [0, 0.1) is 5.82 Å². The highest BCUT2D eigenvalue weighted by Gasteiger charge is 2.25. The topological polar surface area (TPSA) is 49.4 Å². The second-order valence-corrected chi connectivity index (χ2v) is 7.55. The fraction of sp³-hybridized carbons (Fsp3) is 0.500. The van der Waals surface area contributed by atoms with Crippen molar-refractivity contribution >= 4 is 26.0 Å². The SMILES string of the molecule is CN(CC1CCCN1)S(=O)(=O)c1ccc(Br)c(F)c1. The van der Waals surface area contributed by atoms with Gasteiger partial charge in [0.15, 0.2) is 0 Å². The van der Waals surface area contributed by atoms with Gasteiger partial charge in [0.2, 0.25) is 10.0 Å². The molecule has 1 fully saturated rings. The minimum Gasteiger partial charge on any atom is -0.313 e. The van der Waals surface area contributed by atoms with E-state index in [1.165, 1.54) is 23.5 Å². The van der Waals surface area contributed by atoms with Crippen LogP contribution in [0.3, 0.4) is 0 Å². The van der Waals surface area contributed by atoms with Crippen molar-refractivity contribution < 1.29 is 12.8 Å². The molecule has 2 rings (SSSR count). The maximum Gasteiger partial charge on any atom is 0.242 e. The monoisotopic (exact) mass is 350 g/mol. The van der Waals surface area contributed by atoms with Crippen LogP contribution in [0.2, 0.25) is 0 Å². The lowest BCUT2D eigenvalue weighted by molar-refractivity contribution is 0.417. The molecule has 0 bridgehead atoms. The van der Waals surface area contributed by atoms with Crippen LogP contribution in [0.1, 0.15) is 12.8 Å². The Morgan fingerprint density at radius 1 is 1.53 bits per heavy atom. The van der Waals surface area contributed by atoms with E-state index in [2.05, 4.69) is 21.2 Å². The minimum atomic E-state index is -3.63. The second kappa shape index (κ2) is 5.87. The van der Waals surface area contributed by atoms with E-state index in [-0.39, 0.29) is 15.4 Å². The van der Waals surface area contributed by atoms with E-state index in [4.69, 9.17) is 0 Å². The van der Waals surface area contributed by atoms with E-state index < -0.39 is 15.8 Å². The first-order valence-electron chi connectivity index (χ1n) is 6.06. The van der Waals surface area contributed by atoms with Gasteiger partial charge < -0.3 is 5.32 Å². The summed E-state index contributed by atoms with van der Waals surface area (Å²) >= 11 is 3.01. The van der Waals surface area contributed by atoms with Crippen LogP contribution in [-0.4, -0.2) is 38.9 Å². The fourth-order valence-corrected chi connectivity index (χ4v) is 3.61. The Bertz CT molecular complexity index is 559. The molecular weight excluding hydrogens is 335 g/mol. The van der Waals surface area contributed by atoms with Gasteiger partial charge in [0.1, 0.15) is 5.82 Å². The van der Waals surface area contributed by atoms with Crippen molar-refractivity contribution in [1.29, 1.82) is 0 Å². The van der Waals surface area contributed by atoms with Gasteiger partial charge in [-0.1, -0.05) is 0 Å². The third-order valence-electron chi connectivity index (χ3n) is 3.24. The van der Waals surface area contributed by atoms with E-state index in [1.54, 1.807) is 0 Å². The molecule has 1 heterocycles. The highest BCUT2D eigenvalue weighted by atomic mass is 79.9. The molecule has 0 aromatic heterocycles. The first-order valence-corrected chi connectivity index (χ1v) is 8.29. The Balaban J connectivity index is 2.18. The predicted octanol–water partition coefficient (Wildman–Crippen LogP) is 1.96. The molecule has 0 radical (unpaired) electrons. The third-order valence-corrected chi connectivity index (χ3v) is 5.70. The molecule has 1 atom stereocenters. The number of nitrogens with one attached hydrogen (secondary N) is 1. The highest BCUT2D eigenvalue weighted by Crippen LogP contribution is 2.22. The van der Waals surface area contributed by atoms with Gasteiger partial charge in [0.25, 0.3) is 0 Å². The Labute approximate surface area is 121 Å². The van der Waals surface area contributed by atoms with Gasteiger partial charge in [-0.05, 0) is 53.5 Å². The first-order chi connectivity index (χ1) is 8.91. The molecule has 0 spiro atoms. The normalized spacial score (nSPS) is 20.1. The minimum absolute atomic E-state index is 0.0197. The zero-order valence-electron chi connectivity index (χ0n) is 10.6. The van der Waals surface area contributed by atoms with Gasteiger partial charge in [-0.3, -0.25) is 0 Å². The van der Waals surface area contributed by atoms with Crippen LogP contribution in [0.4, 0.5) is 4.39 Å². The van der Waals surface area contributed by atoms with Crippen LogP contribution >= 0.6 is 15.9 Å². The molecule has 7 heteroatoms. The van der Waals surface area contributed by atoms with Gasteiger partial charge in [-0.15, -0.1) is 0 Å². The summed E-state index contributed by atoms with van der Waals surface area (Å²) in [7, 11) is -2.11. The lowest BCUT2D eigenvalue weighted by Crippen LogP contribution is -2.38. The highest BCUT2D eigenvalue weighted by molar-refractivity contribution is 9.10. The van der Waals surface area contributed by atoms with Crippen LogP contribution in [0.15, 0.2) is 27.6 Å². The number of hydrogen-bond acceptors (Lipinski definition) is 3. The smallest absolute Gasteiger partial charge is 0.242 e. The van der Waals surface area contributed by atoms with Crippen molar-refractivity contribution in [1.82, 2.24) is 9.62 Å². The van der Waals surface area contributed by atoms with Crippen molar-refractivity contribution in [3.63, 3.8) is 0 Å². The van der Waals surface area contributed by atoms with Gasteiger partial charge in [-0.25, -0.2) is 12.8 Å². The van der Waals surface area contributed by atoms with Crippen molar-refractivity contribution in [2.24, 2.45) is 0 Å². The molecule has 106 valence electrons. The summed E-state index contributed by atoms with van der Waals surface area (Å²) in [6.45, 7) is 1.32. The Kier molecular flexibility index (Phi) is 4.60. The molecule has 1 aromatic rings. The number of nitrogens with zero attached hydrogens (tertiary/aromatic N) is 1. The molecule has 0 aliphatic carbocycles. The maximum atomic E-state index is 13.4. The lowest BCUT2D eigenvalue weighted by atomic mass is 10.2. The molecule has 1 aromatic carbocycles. The average molecular weight is 351 g/mol. The molecule has 4 nitrogen and oxygen atoms in total. The van der Waals surface area contributed by atoms with Crippen LogP contribution < -0.4 is 5.32 Å². The van der Waals surface area contributed by atoms with Gasteiger partial charge in [0, 0.05) is 19.6 Å². The lowest BCUT2D eigenvalue weighted by Gasteiger charge is -2.21. The van der Waals surface area contributed by atoms with E-state index in [9.17, 15) is 12.8 Å². The van der Waals surface area contributed by atoms with Crippen molar-refractivity contribution in [3.8, 4) is 0 Å². The van der Waals surface area contributed by atoms with Gasteiger partial charge >= 0.3 is 0 Å². The molecule has 1 aliphatic heterocycles. The zero-order valence-corrected chi connectivity index (χ0v) is 13.0.